The van der Waals surface area contributed by atoms with Gasteiger partial charge in [0.25, 0.3) is 0 Å². The van der Waals surface area contributed by atoms with Gasteiger partial charge in [-0.15, -0.1) is 0 Å². The number of pyridine rings is 1. The number of hydrogen-bond acceptors (Lipinski definition) is 2. The zero-order valence-electron chi connectivity index (χ0n) is 9.81. The normalized spacial score (nSPS) is 12.4. The van der Waals surface area contributed by atoms with Crippen molar-refractivity contribution >= 4 is 23.2 Å². The average Bonchev–Trinajstić information content (AvgIpc) is 2.40. The Bertz CT molecular complexity index is 514. The molecular weight excluding hydrogens is 267 g/mol. The number of aromatic nitrogens is 1. The van der Waals surface area contributed by atoms with Crippen LogP contribution in [0.4, 0.5) is 0 Å². The number of hydrogen-bond donors (Lipinski definition) is 1. The molecule has 2 aromatic rings. The quantitative estimate of drug-likeness (QED) is 0.919. The molecule has 0 amide bonds. The Labute approximate surface area is 117 Å². The van der Waals surface area contributed by atoms with Crippen molar-refractivity contribution in [3.05, 3.63) is 63.9 Å². The lowest BCUT2D eigenvalue weighted by Gasteiger charge is -2.12. The third-order valence-corrected chi connectivity index (χ3v) is 3.55. The van der Waals surface area contributed by atoms with Gasteiger partial charge in [0.1, 0.15) is 0 Å². The molecule has 1 aromatic carbocycles. The molecule has 1 unspecified atom stereocenters. The van der Waals surface area contributed by atoms with Gasteiger partial charge in [0.05, 0.1) is 10.0 Å². The van der Waals surface area contributed by atoms with Crippen molar-refractivity contribution in [3.8, 4) is 0 Å². The van der Waals surface area contributed by atoms with Crippen LogP contribution in [0.1, 0.15) is 23.7 Å². The Morgan fingerprint density at radius 3 is 2.61 bits per heavy atom. The second kappa shape index (κ2) is 6.19. The smallest absolute Gasteiger partial charge is 0.0595 e. The summed E-state index contributed by atoms with van der Waals surface area (Å²) in [5.41, 5.74) is 8.18. The summed E-state index contributed by atoms with van der Waals surface area (Å²) in [7, 11) is 0. The first-order chi connectivity index (χ1) is 8.66. The predicted octanol–water partition coefficient (Wildman–Crippen LogP) is 4.02. The molecule has 1 heterocycles. The van der Waals surface area contributed by atoms with Gasteiger partial charge >= 0.3 is 0 Å². The van der Waals surface area contributed by atoms with E-state index in [2.05, 4.69) is 4.98 Å². The lowest BCUT2D eigenvalue weighted by atomic mass is 10.0. The molecule has 0 aliphatic carbocycles. The molecule has 0 saturated heterocycles. The number of halogens is 2. The van der Waals surface area contributed by atoms with Gasteiger partial charge in [-0.1, -0.05) is 35.3 Å². The Balaban J connectivity index is 1.99. The largest absolute Gasteiger partial charge is 0.324 e. The summed E-state index contributed by atoms with van der Waals surface area (Å²) in [6.45, 7) is 0. The molecule has 0 saturated carbocycles. The fourth-order valence-electron chi connectivity index (χ4n) is 1.76. The number of nitrogens with two attached hydrogens (primary N) is 1. The van der Waals surface area contributed by atoms with Crippen molar-refractivity contribution in [1.82, 2.24) is 4.98 Å². The van der Waals surface area contributed by atoms with E-state index in [0.29, 0.717) is 10.0 Å². The van der Waals surface area contributed by atoms with Crippen LogP contribution in [-0.2, 0) is 6.42 Å². The third-order valence-electron chi connectivity index (χ3n) is 2.81. The Morgan fingerprint density at radius 2 is 1.94 bits per heavy atom. The minimum atomic E-state index is -0.0539. The monoisotopic (exact) mass is 280 g/mol. The van der Waals surface area contributed by atoms with E-state index in [-0.39, 0.29) is 6.04 Å². The summed E-state index contributed by atoms with van der Waals surface area (Å²) in [6, 6.07) is 11.3. The van der Waals surface area contributed by atoms with Gasteiger partial charge in [0.2, 0.25) is 0 Å². The molecule has 2 rings (SSSR count). The summed E-state index contributed by atoms with van der Waals surface area (Å²) in [5, 5.41) is 1.10. The van der Waals surface area contributed by atoms with E-state index >= 15 is 0 Å². The number of benzene rings is 1. The van der Waals surface area contributed by atoms with E-state index in [4.69, 9.17) is 28.9 Å². The maximum atomic E-state index is 6.13. The molecule has 1 aromatic heterocycles. The summed E-state index contributed by atoms with van der Waals surface area (Å²) < 4.78 is 0. The molecule has 4 heteroatoms. The second-order valence-corrected chi connectivity index (χ2v) is 4.95. The second-order valence-electron chi connectivity index (χ2n) is 4.14. The van der Waals surface area contributed by atoms with Crippen molar-refractivity contribution in [2.45, 2.75) is 18.9 Å². The first-order valence-electron chi connectivity index (χ1n) is 5.77. The molecule has 2 nitrogen and oxygen atoms in total. The van der Waals surface area contributed by atoms with E-state index in [1.54, 1.807) is 12.3 Å². The maximum Gasteiger partial charge on any atom is 0.0595 e. The van der Waals surface area contributed by atoms with Gasteiger partial charge in [-0.2, -0.15) is 0 Å². The van der Waals surface area contributed by atoms with Crippen LogP contribution in [0, 0.1) is 0 Å². The number of aryl methyl sites for hydroxylation is 1. The van der Waals surface area contributed by atoms with E-state index in [9.17, 15) is 0 Å². The van der Waals surface area contributed by atoms with Crippen LogP contribution in [0.3, 0.4) is 0 Å². The first-order valence-corrected chi connectivity index (χ1v) is 6.53. The lowest BCUT2D eigenvalue weighted by Crippen LogP contribution is -2.11. The third kappa shape index (κ3) is 3.45. The van der Waals surface area contributed by atoms with Crippen molar-refractivity contribution in [2.75, 3.05) is 0 Å². The van der Waals surface area contributed by atoms with Crippen LogP contribution < -0.4 is 5.73 Å². The van der Waals surface area contributed by atoms with Crippen LogP contribution in [-0.4, -0.2) is 4.98 Å². The highest BCUT2D eigenvalue weighted by atomic mass is 35.5. The Kier molecular flexibility index (Phi) is 4.59. The lowest BCUT2D eigenvalue weighted by molar-refractivity contribution is 0.644. The Morgan fingerprint density at radius 1 is 1.11 bits per heavy atom. The minimum absolute atomic E-state index is 0.0539. The molecule has 0 fully saturated rings. The van der Waals surface area contributed by atoms with Crippen LogP contribution in [0.5, 0.6) is 0 Å². The molecule has 0 bridgehead atoms. The molecule has 94 valence electrons. The molecule has 18 heavy (non-hydrogen) atoms. The average molecular weight is 281 g/mol. The SMILES string of the molecule is NC(CCc1ccccn1)c1ccc(Cl)c(Cl)c1. The van der Waals surface area contributed by atoms with Gasteiger partial charge in [0, 0.05) is 17.9 Å². The van der Waals surface area contributed by atoms with Gasteiger partial charge in [-0.05, 0) is 42.7 Å². The predicted molar refractivity (Wildman–Crippen MR) is 75.9 cm³/mol. The molecule has 0 aliphatic rings. The summed E-state index contributed by atoms with van der Waals surface area (Å²) in [4.78, 5) is 4.27. The van der Waals surface area contributed by atoms with Crippen LogP contribution >= 0.6 is 23.2 Å². The van der Waals surface area contributed by atoms with Gasteiger partial charge in [-0.25, -0.2) is 0 Å². The summed E-state index contributed by atoms with van der Waals surface area (Å²) >= 11 is 11.9. The van der Waals surface area contributed by atoms with Gasteiger partial charge < -0.3 is 5.73 Å². The van der Waals surface area contributed by atoms with Crippen molar-refractivity contribution < 1.29 is 0 Å². The molecule has 0 aliphatic heterocycles. The molecular formula is C14H14Cl2N2. The maximum absolute atomic E-state index is 6.13. The zero-order valence-corrected chi connectivity index (χ0v) is 11.3. The highest BCUT2D eigenvalue weighted by Gasteiger charge is 2.08. The molecule has 0 radical (unpaired) electrons. The van der Waals surface area contributed by atoms with Crippen LogP contribution in [0.2, 0.25) is 10.0 Å². The highest BCUT2D eigenvalue weighted by molar-refractivity contribution is 6.42. The van der Waals surface area contributed by atoms with E-state index in [0.717, 1.165) is 24.1 Å². The molecule has 1 atom stereocenters. The highest BCUT2D eigenvalue weighted by Crippen LogP contribution is 2.26. The molecule has 0 spiro atoms. The van der Waals surface area contributed by atoms with Gasteiger partial charge in [-0.3, -0.25) is 4.98 Å². The zero-order chi connectivity index (χ0) is 13.0. The standard InChI is InChI=1S/C14H14Cl2N2/c15-12-6-4-10(9-13(12)16)14(17)7-5-11-3-1-2-8-18-11/h1-4,6,8-9,14H,5,7,17H2. The van der Waals surface area contributed by atoms with Crippen molar-refractivity contribution in [3.63, 3.8) is 0 Å². The number of rotatable bonds is 4. The van der Waals surface area contributed by atoms with Crippen molar-refractivity contribution in [1.29, 1.82) is 0 Å². The summed E-state index contributed by atoms with van der Waals surface area (Å²) in [5.74, 6) is 0. The minimum Gasteiger partial charge on any atom is -0.324 e. The van der Waals surface area contributed by atoms with E-state index in [1.165, 1.54) is 0 Å². The topological polar surface area (TPSA) is 38.9 Å². The fraction of sp³-hybridized carbons (Fsp3) is 0.214. The fourth-order valence-corrected chi connectivity index (χ4v) is 2.07. The van der Waals surface area contributed by atoms with E-state index in [1.807, 2.05) is 30.3 Å². The van der Waals surface area contributed by atoms with Crippen LogP contribution in [0.25, 0.3) is 0 Å². The first kappa shape index (κ1) is 13.3. The van der Waals surface area contributed by atoms with Crippen molar-refractivity contribution in [2.24, 2.45) is 5.73 Å². The summed E-state index contributed by atoms with van der Waals surface area (Å²) in [6.07, 6.45) is 3.47. The van der Waals surface area contributed by atoms with E-state index < -0.39 is 0 Å². The van der Waals surface area contributed by atoms with Gasteiger partial charge in [0.15, 0.2) is 0 Å². The van der Waals surface area contributed by atoms with Crippen LogP contribution in [0.15, 0.2) is 42.6 Å². The molecule has 2 N–H and O–H groups in total. The number of nitrogens with zero attached hydrogens (tertiary/aromatic N) is 1. The Hall–Kier alpha value is -1.09.